The van der Waals surface area contributed by atoms with Gasteiger partial charge in [-0.3, -0.25) is 4.79 Å². The lowest BCUT2D eigenvalue weighted by Gasteiger charge is -2.22. The Hall–Kier alpha value is -0.590. The van der Waals surface area contributed by atoms with Crippen molar-refractivity contribution in [2.45, 2.75) is 44.0 Å². The first kappa shape index (κ1) is 16.8. The van der Waals surface area contributed by atoms with Gasteiger partial charge in [0.1, 0.15) is 0 Å². The SMILES string of the molecule is CCCN(C(=O)c1cc(Br)c(C)c(S(=O)(=O)Cl)c1)C1CC1. The molecule has 2 rings (SSSR count). The molecule has 1 fully saturated rings. The zero-order valence-corrected chi connectivity index (χ0v) is 15.1. The number of nitrogens with zero attached hydrogens (tertiary/aromatic N) is 1. The first-order chi connectivity index (χ1) is 9.75. The number of hydrogen-bond donors (Lipinski definition) is 0. The first-order valence-corrected chi connectivity index (χ1v) is 9.91. The van der Waals surface area contributed by atoms with Gasteiger partial charge in [0.15, 0.2) is 0 Å². The number of carbonyl (C=O) groups excluding carboxylic acids is 1. The van der Waals surface area contributed by atoms with Crippen LogP contribution in [0.4, 0.5) is 0 Å². The maximum Gasteiger partial charge on any atom is 0.261 e. The number of carbonyl (C=O) groups is 1. The Bertz CT molecular complexity index is 671. The molecule has 0 saturated heterocycles. The molecule has 116 valence electrons. The molecule has 4 nitrogen and oxygen atoms in total. The zero-order valence-electron chi connectivity index (χ0n) is 11.9. The van der Waals surface area contributed by atoms with Gasteiger partial charge >= 0.3 is 0 Å². The topological polar surface area (TPSA) is 54.5 Å². The highest BCUT2D eigenvalue weighted by Gasteiger charge is 2.33. The van der Waals surface area contributed by atoms with Gasteiger partial charge in [-0.1, -0.05) is 22.9 Å². The number of amides is 1. The Balaban J connectivity index is 2.44. The molecule has 0 aliphatic heterocycles. The summed E-state index contributed by atoms with van der Waals surface area (Å²) in [6.07, 6.45) is 2.90. The Morgan fingerprint density at radius 3 is 2.52 bits per heavy atom. The largest absolute Gasteiger partial charge is 0.336 e. The third kappa shape index (κ3) is 3.79. The Morgan fingerprint density at radius 2 is 2.05 bits per heavy atom. The molecule has 0 atom stereocenters. The van der Waals surface area contributed by atoms with Crippen LogP contribution in [0.2, 0.25) is 0 Å². The molecule has 0 aromatic heterocycles. The molecule has 0 radical (unpaired) electrons. The molecule has 7 heteroatoms. The molecule has 21 heavy (non-hydrogen) atoms. The van der Waals surface area contributed by atoms with Crippen molar-refractivity contribution in [3.8, 4) is 0 Å². The average Bonchev–Trinajstić information content (AvgIpc) is 3.21. The normalized spacial score (nSPS) is 15.0. The molecular formula is C14H17BrClNO3S. The number of hydrogen-bond acceptors (Lipinski definition) is 3. The fourth-order valence-electron chi connectivity index (χ4n) is 2.27. The van der Waals surface area contributed by atoms with Gasteiger partial charge in [-0.15, -0.1) is 0 Å². The van der Waals surface area contributed by atoms with Crippen molar-refractivity contribution in [3.05, 3.63) is 27.7 Å². The molecule has 0 heterocycles. The highest BCUT2D eigenvalue weighted by molar-refractivity contribution is 9.10. The van der Waals surface area contributed by atoms with E-state index in [1.54, 1.807) is 13.0 Å². The molecule has 0 spiro atoms. The minimum atomic E-state index is -3.88. The van der Waals surface area contributed by atoms with Gasteiger partial charge in [-0.25, -0.2) is 8.42 Å². The van der Waals surface area contributed by atoms with E-state index in [2.05, 4.69) is 15.9 Å². The van der Waals surface area contributed by atoms with Crippen LogP contribution in [-0.2, 0) is 9.05 Å². The van der Waals surface area contributed by atoms with Gasteiger partial charge in [-0.05, 0) is 43.9 Å². The highest BCUT2D eigenvalue weighted by atomic mass is 79.9. The molecule has 0 N–H and O–H groups in total. The fourth-order valence-corrected chi connectivity index (χ4v) is 4.09. The summed E-state index contributed by atoms with van der Waals surface area (Å²) in [5.41, 5.74) is 0.863. The summed E-state index contributed by atoms with van der Waals surface area (Å²) in [7, 11) is 1.57. The average molecular weight is 395 g/mol. The highest BCUT2D eigenvalue weighted by Crippen LogP contribution is 2.32. The van der Waals surface area contributed by atoms with Crippen LogP contribution in [0, 0.1) is 6.92 Å². The third-order valence-corrected chi connectivity index (χ3v) is 5.79. The third-order valence-electron chi connectivity index (χ3n) is 3.52. The molecule has 1 aromatic carbocycles. The Labute approximate surface area is 138 Å². The van der Waals surface area contributed by atoms with Crippen LogP contribution in [0.5, 0.6) is 0 Å². The van der Waals surface area contributed by atoms with E-state index < -0.39 is 9.05 Å². The van der Waals surface area contributed by atoms with E-state index in [1.165, 1.54) is 6.07 Å². The molecule has 1 aliphatic rings. The van der Waals surface area contributed by atoms with Crippen molar-refractivity contribution < 1.29 is 13.2 Å². The smallest absolute Gasteiger partial charge is 0.261 e. The van der Waals surface area contributed by atoms with E-state index in [-0.39, 0.29) is 16.8 Å². The van der Waals surface area contributed by atoms with Gasteiger partial charge in [0, 0.05) is 33.3 Å². The van der Waals surface area contributed by atoms with E-state index >= 15 is 0 Å². The predicted molar refractivity (Wildman–Crippen MR) is 86.3 cm³/mol. The lowest BCUT2D eigenvalue weighted by molar-refractivity contribution is 0.0743. The van der Waals surface area contributed by atoms with Crippen LogP contribution in [0.3, 0.4) is 0 Å². The minimum absolute atomic E-state index is 0.0193. The van der Waals surface area contributed by atoms with Crippen molar-refractivity contribution in [1.82, 2.24) is 4.90 Å². The zero-order chi connectivity index (χ0) is 15.8. The maximum atomic E-state index is 12.6. The van der Waals surface area contributed by atoms with Crippen molar-refractivity contribution in [1.29, 1.82) is 0 Å². The Morgan fingerprint density at radius 1 is 1.43 bits per heavy atom. The van der Waals surface area contributed by atoms with Crippen molar-refractivity contribution >= 4 is 41.6 Å². The quantitative estimate of drug-likeness (QED) is 0.716. The number of benzene rings is 1. The lowest BCUT2D eigenvalue weighted by Crippen LogP contribution is -2.33. The summed E-state index contributed by atoms with van der Waals surface area (Å²) < 4.78 is 23.9. The van der Waals surface area contributed by atoms with E-state index in [0.717, 1.165) is 19.3 Å². The second kappa shape index (κ2) is 6.26. The van der Waals surface area contributed by atoms with Gasteiger partial charge in [0.05, 0.1) is 4.90 Å². The number of halogens is 2. The summed E-state index contributed by atoms with van der Waals surface area (Å²) in [6, 6.07) is 3.32. The predicted octanol–water partition coefficient (Wildman–Crippen LogP) is 3.70. The summed E-state index contributed by atoms with van der Waals surface area (Å²) in [4.78, 5) is 14.4. The van der Waals surface area contributed by atoms with Crippen LogP contribution in [0.15, 0.2) is 21.5 Å². The summed E-state index contributed by atoms with van der Waals surface area (Å²) in [5.74, 6) is -0.137. The second-order valence-electron chi connectivity index (χ2n) is 5.25. The maximum absolute atomic E-state index is 12.6. The Kier molecular flexibility index (Phi) is 5.00. The van der Waals surface area contributed by atoms with Crippen LogP contribution in [0.1, 0.15) is 42.1 Å². The van der Waals surface area contributed by atoms with E-state index in [9.17, 15) is 13.2 Å². The standard InChI is InChI=1S/C14H17BrClNO3S/c1-3-6-17(11-4-5-11)14(18)10-7-12(15)9(2)13(8-10)21(16,19)20/h7-8,11H,3-6H2,1-2H3. The molecule has 1 aromatic rings. The number of rotatable bonds is 5. The lowest BCUT2D eigenvalue weighted by atomic mass is 10.1. The van der Waals surface area contributed by atoms with Crippen molar-refractivity contribution in [3.63, 3.8) is 0 Å². The minimum Gasteiger partial charge on any atom is -0.336 e. The van der Waals surface area contributed by atoms with Gasteiger partial charge in [-0.2, -0.15) is 0 Å². The van der Waals surface area contributed by atoms with Crippen LogP contribution < -0.4 is 0 Å². The molecule has 1 saturated carbocycles. The van der Waals surface area contributed by atoms with E-state index in [4.69, 9.17) is 10.7 Å². The van der Waals surface area contributed by atoms with Gasteiger partial charge < -0.3 is 4.90 Å². The van der Waals surface area contributed by atoms with E-state index in [0.29, 0.717) is 22.1 Å². The summed E-state index contributed by atoms with van der Waals surface area (Å²) in [6.45, 7) is 4.35. The van der Waals surface area contributed by atoms with Gasteiger partial charge in [0.2, 0.25) is 0 Å². The molecular weight excluding hydrogens is 378 g/mol. The van der Waals surface area contributed by atoms with E-state index in [1.807, 2.05) is 11.8 Å². The molecule has 0 bridgehead atoms. The van der Waals surface area contributed by atoms with Crippen molar-refractivity contribution in [2.24, 2.45) is 0 Å². The fraction of sp³-hybridized carbons (Fsp3) is 0.500. The van der Waals surface area contributed by atoms with Crippen LogP contribution in [-0.4, -0.2) is 31.8 Å². The van der Waals surface area contributed by atoms with Gasteiger partial charge in [0.25, 0.3) is 15.0 Å². The first-order valence-electron chi connectivity index (χ1n) is 6.81. The van der Waals surface area contributed by atoms with Crippen LogP contribution >= 0.6 is 26.6 Å². The molecule has 0 unspecified atom stereocenters. The summed E-state index contributed by atoms with van der Waals surface area (Å²) in [5, 5.41) is 0. The molecule has 1 amide bonds. The second-order valence-corrected chi connectivity index (χ2v) is 8.64. The summed E-state index contributed by atoms with van der Waals surface area (Å²) >= 11 is 3.30. The molecule has 1 aliphatic carbocycles. The van der Waals surface area contributed by atoms with Crippen LogP contribution in [0.25, 0.3) is 0 Å². The monoisotopic (exact) mass is 393 g/mol. The van der Waals surface area contributed by atoms with Crippen molar-refractivity contribution in [2.75, 3.05) is 6.54 Å².